The van der Waals surface area contributed by atoms with Crippen molar-refractivity contribution in [2.75, 3.05) is 53.1 Å². The van der Waals surface area contributed by atoms with E-state index in [1.807, 2.05) is 6.92 Å². The maximum atomic E-state index is 10.7. The van der Waals surface area contributed by atoms with Crippen molar-refractivity contribution in [2.45, 2.75) is 20.3 Å². The lowest BCUT2D eigenvalue weighted by molar-refractivity contribution is -0.118. The summed E-state index contributed by atoms with van der Waals surface area (Å²) in [5.74, 6) is 0.733. The Bertz CT molecular complexity index is 278. The number of halogens is 1. The van der Waals surface area contributed by atoms with Crippen LogP contribution in [0.2, 0.25) is 0 Å². The number of carbonyl (C=O) groups excluding carboxylic acids is 1. The number of aliphatic imine (C=N–C) groups is 1. The standard InChI is InChI=1S/C13H28N4O3.HI/c1-4-14-13(17-8-7-15-12(2)18)16-6-5-9-20-11-10-19-3;/h4-11H2,1-3H3,(H,15,18)(H2,14,16,17);1H. The largest absolute Gasteiger partial charge is 0.382 e. The third-order valence-electron chi connectivity index (χ3n) is 2.28. The van der Waals surface area contributed by atoms with E-state index >= 15 is 0 Å². The summed E-state index contributed by atoms with van der Waals surface area (Å²) in [6.45, 7) is 8.17. The third kappa shape index (κ3) is 17.3. The monoisotopic (exact) mass is 416 g/mol. The molecule has 0 aliphatic rings. The summed E-state index contributed by atoms with van der Waals surface area (Å²) >= 11 is 0. The lowest BCUT2D eigenvalue weighted by Gasteiger charge is -2.11. The first-order valence-electron chi connectivity index (χ1n) is 7.04. The van der Waals surface area contributed by atoms with Crippen LogP contribution in [0.15, 0.2) is 4.99 Å². The van der Waals surface area contributed by atoms with Crippen molar-refractivity contribution < 1.29 is 14.3 Å². The quantitative estimate of drug-likeness (QED) is 0.196. The highest BCUT2D eigenvalue weighted by molar-refractivity contribution is 14.0. The maximum Gasteiger partial charge on any atom is 0.216 e. The predicted octanol–water partition coefficient (Wildman–Crippen LogP) is 0.349. The van der Waals surface area contributed by atoms with Crippen molar-refractivity contribution >= 4 is 35.8 Å². The molecule has 0 atom stereocenters. The Hall–Kier alpha value is -0.610. The second-order valence-corrected chi connectivity index (χ2v) is 4.13. The molecule has 0 aromatic heterocycles. The molecule has 0 saturated carbocycles. The highest BCUT2D eigenvalue weighted by Crippen LogP contribution is 1.85. The lowest BCUT2D eigenvalue weighted by atomic mass is 10.4. The molecular weight excluding hydrogens is 387 g/mol. The summed E-state index contributed by atoms with van der Waals surface area (Å²) in [5, 5.41) is 9.02. The molecule has 3 N–H and O–H groups in total. The number of methoxy groups -OCH3 is 1. The van der Waals surface area contributed by atoms with Gasteiger partial charge in [0.25, 0.3) is 0 Å². The van der Waals surface area contributed by atoms with E-state index in [0.717, 1.165) is 18.9 Å². The number of nitrogens with zero attached hydrogens (tertiary/aromatic N) is 1. The highest BCUT2D eigenvalue weighted by atomic mass is 127. The number of guanidine groups is 1. The molecule has 0 bridgehead atoms. The first-order valence-corrected chi connectivity index (χ1v) is 7.04. The molecule has 0 radical (unpaired) electrons. The Balaban J connectivity index is 0. The minimum atomic E-state index is -0.0260. The molecule has 0 aliphatic heterocycles. The molecule has 8 heteroatoms. The average Bonchev–Trinajstić information content (AvgIpc) is 2.42. The topological polar surface area (TPSA) is 84.0 Å². The van der Waals surface area contributed by atoms with Crippen LogP contribution in [-0.4, -0.2) is 65.0 Å². The van der Waals surface area contributed by atoms with E-state index in [2.05, 4.69) is 20.9 Å². The van der Waals surface area contributed by atoms with Crippen LogP contribution in [0.4, 0.5) is 0 Å². The molecule has 0 saturated heterocycles. The van der Waals surface area contributed by atoms with Crippen LogP contribution < -0.4 is 16.0 Å². The van der Waals surface area contributed by atoms with E-state index in [0.29, 0.717) is 39.5 Å². The van der Waals surface area contributed by atoms with Crippen LogP contribution in [-0.2, 0) is 14.3 Å². The Morgan fingerprint density at radius 3 is 2.43 bits per heavy atom. The number of rotatable bonds is 11. The van der Waals surface area contributed by atoms with Gasteiger partial charge in [-0.1, -0.05) is 0 Å². The number of nitrogens with one attached hydrogen (secondary N) is 3. The predicted molar refractivity (Wildman–Crippen MR) is 95.4 cm³/mol. The summed E-state index contributed by atoms with van der Waals surface area (Å²) in [4.78, 5) is 15.1. The van der Waals surface area contributed by atoms with Crippen molar-refractivity contribution in [3.8, 4) is 0 Å². The van der Waals surface area contributed by atoms with Gasteiger partial charge in [-0.15, -0.1) is 24.0 Å². The smallest absolute Gasteiger partial charge is 0.216 e. The van der Waals surface area contributed by atoms with Gasteiger partial charge in [-0.2, -0.15) is 0 Å². The van der Waals surface area contributed by atoms with Gasteiger partial charge in [0.15, 0.2) is 5.96 Å². The third-order valence-corrected chi connectivity index (χ3v) is 2.28. The van der Waals surface area contributed by atoms with Gasteiger partial charge >= 0.3 is 0 Å². The van der Waals surface area contributed by atoms with Crippen molar-refractivity contribution in [1.82, 2.24) is 16.0 Å². The van der Waals surface area contributed by atoms with Gasteiger partial charge in [0.2, 0.25) is 5.91 Å². The second-order valence-electron chi connectivity index (χ2n) is 4.13. The molecule has 126 valence electrons. The minimum Gasteiger partial charge on any atom is -0.382 e. The molecule has 0 unspecified atom stereocenters. The Morgan fingerprint density at radius 1 is 1.10 bits per heavy atom. The summed E-state index contributed by atoms with van der Waals surface area (Å²) in [5.41, 5.74) is 0. The van der Waals surface area contributed by atoms with E-state index in [9.17, 15) is 4.79 Å². The minimum absolute atomic E-state index is 0. The van der Waals surface area contributed by atoms with Crippen LogP contribution in [0, 0.1) is 0 Å². The van der Waals surface area contributed by atoms with Gasteiger partial charge in [-0.25, -0.2) is 0 Å². The molecule has 0 rings (SSSR count). The number of amides is 1. The van der Waals surface area contributed by atoms with Crippen molar-refractivity contribution in [3.05, 3.63) is 0 Å². The summed E-state index contributed by atoms with van der Waals surface area (Å²) < 4.78 is 10.2. The van der Waals surface area contributed by atoms with Crippen molar-refractivity contribution in [2.24, 2.45) is 4.99 Å². The van der Waals surface area contributed by atoms with Gasteiger partial charge in [0, 0.05) is 46.8 Å². The molecule has 0 spiro atoms. The van der Waals surface area contributed by atoms with Gasteiger partial charge in [0.1, 0.15) is 0 Å². The fourth-order valence-electron chi connectivity index (χ4n) is 1.36. The van der Waals surface area contributed by atoms with E-state index in [4.69, 9.17) is 9.47 Å². The SMILES string of the molecule is CCNC(=NCCCOCCOC)NCCNC(C)=O.I. The molecule has 0 aromatic rings. The first-order chi connectivity index (χ1) is 9.70. The average molecular weight is 416 g/mol. The summed E-state index contributed by atoms with van der Waals surface area (Å²) in [6, 6.07) is 0. The van der Waals surface area contributed by atoms with Crippen molar-refractivity contribution in [3.63, 3.8) is 0 Å². The van der Waals surface area contributed by atoms with Crippen LogP contribution in [0.25, 0.3) is 0 Å². The number of ether oxygens (including phenoxy) is 2. The van der Waals surface area contributed by atoms with Crippen LogP contribution in [0.3, 0.4) is 0 Å². The van der Waals surface area contributed by atoms with Crippen LogP contribution in [0.5, 0.6) is 0 Å². The first kappa shape index (κ1) is 22.7. The Labute approximate surface area is 144 Å². The van der Waals surface area contributed by atoms with Crippen LogP contribution in [0.1, 0.15) is 20.3 Å². The van der Waals surface area contributed by atoms with Crippen LogP contribution >= 0.6 is 24.0 Å². The van der Waals surface area contributed by atoms with E-state index in [1.54, 1.807) is 7.11 Å². The normalized spacial score (nSPS) is 10.7. The van der Waals surface area contributed by atoms with Gasteiger partial charge < -0.3 is 25.4 Å². The zero-order valence-electron chi connectivity index (χ0n) is 13.2. The molecule has 21 heavy (non-hydrogen) atoms. The highest BCUT2D eigenvalue weighted by Gasteiger charge is 1.97. The number of hydrogen-bond donors (Lipinski definition) is 3. The van der Waals surface area contributed by atoms with E-state index in [-0.39, 0.29) is 29.9 Å². The number of hydrogen-bond acceptors (Lipinski definition) is 4. The van der Waals surface area contributed by atoms with E-state index < -0.39 is 0 Å². The zero-order valence-corrected chi connectivity index (χ0v) is 15.6. The Kier molecular flexibility index (Phi) is 18.8. The molecule has 7 nitrogen and oxygen atoms in total. The fraction of sp³-hybridized carbons (Fsp3) is 0.846. The molecule has 0 fully saturated rings. The summed E-state index contributed by atoms with van der Waals surface area (Å²) in [6.07, 6.45) is 0.867. The molecule has 1 amide bonds. The summed E-state index contributed by atoms with van der Waals surface area (Å²) in [7, 11) is 1.66. The second kappa shape index (κ2) is 17.4. The van der Waals surface area contributed by atoms with Crippen molar-refractivity contribution in [1.29, 1.82) is 0 Å². The van der Waals surface area contributed by atoms with Gasteiger partial charge in [-0.3, -0.25) is 9.79 Å². The van der Waals surface area contributed by atoms with E-state index in [1.165, 1.54) is 6.92 Å². The lowest BCUT2D eigenvalue weighted by Crippen LogP contribution is -2.41. The molecular formula is C13H29IN4O3. The molecule has 0 aromatic carbocycles. The Morgan fingerprint density at radius 2 is 1.81 bits per heavy atom. The zero-order chi connectivity index (χ0) is 15.1. The maximum absolute atomic E-state index is 10.7. The van der Waals surface area contributed by atoms with Gasteiger partial charge in [0.05, 0.1) is 13.2 Å². The number of carbonyl (C=O) groups is 1. The van der Waals surface area contributed by atoms with Gasteiger partial charge in [-0.05, 0) is 13.3 Å². The fourth-order valence-corrected chi connectivity index (χ4v) is 1.36. The molecule has 0 aliphatic carbocycles. The molecule has 0 heterocycles.